The van der Waals surface area contributed by atoms with Crippen molar-refractivity contribution in [2.75, 3.05) is 12.0 Å². The number of allylic oxidation sites excluding steroid dienone is 1. The maximum Gasteiger partial charge on any atom is 0.335 e. The number of ether oxygens (including phenoxy) is 2. The van der Waals surface area contributed by atoms with Crippen LogP contribution in [0.15, 0.2) is 78.9 Å². The number of benzene rings is 3. The van der Waals surface area contributed by atoms with Gasteiger partial charge >= 0.3 is 6.03 Å². The number of rotatable bonds is 8. The molecule has 1 fully saturated rings. The Balaban J connectivity index is 1.71. The van der Waals surface area contributed by atoms with E-state index in [1.165, 1.54) is 31.4 Å². The Kier molecular flexibility index (Phi) is 7.63. The van der Waals surface area contributed by atoms with Crippen LogP contribution in [0.1, 0.15) is 22.3 Å². The van der Waals surface area contributed by atoms with Gasteiger partial charge in [0.15, 0.2) is 11.5 Å². The molecule has 0 radical (unpaired) electrons. The van der Waals surface area contributed by atoms with E-state index in [0.717, 1.165) is 6.07 Å². The second kappa shape index (κ2) is 11.2. The molecule has 4 amide bonds. The van der Waals surface area contributed by atoms with E-state index in [-0.39, 0.29) is 17.9 Å². The Bertz CT molecular complexity index is 1520. The number of hydrogen-bond acceptors (Lipinski definition) is 6. The third-order valence-electron chi connectivity index (χ3n) is 5.73. The summed E-state index contributed by atoms with van der Waals surface area (Å²) < 4.78 is 25.3. The highest BCUT2D eigenvalue weighted by atomic mass is 19.1. The third kappa shape index (κ3) is 5.29. The third-order valence-corrected chi connectivity index (χ3v) is 5.73. The number of methoxy groups -OCH3 is 1. The zero-order valence-corrected chi connectivity index (χ0v) is 20.4. The van der Waals surface area contributed by atoms with E-state index in [0.29, 0.717) is 45.1 Å². The number of hydrogen-bond donors (Lipinski definition) is 1. The fourth-order valence-corrected chi connectivity index (χ4v) is 3.97. The van der Waals surface area contributed by atoms with Gasteiger partial charge in [0.25, 0.3) is 11.8 Å². The largest absolute Gasteiger partial charge is 0.493 e. The number of carbonyl (C=O) groups excluding carboxylic acids is 3. The molecule has 0 unspecified atom stereocenters. The molecule has 1 aliphatic heterocycles. The zero-order chi connectivity index (χ0) is 27.2. The lowest BCUT2D eigenvalue weighted by atomic mass is 10.0. The van der Waals surface area contributed by atoms with Gasteiger partial charge in [-0.05, 0) is 54.5 Å². The molecule has 0 aliphatic carbocycles. The monoisotopic (exact) mass is 511 g/mol. The molecule has 1 saturated heterocycles. The normalized spacial score (nSPS) is 14.2. The van der Waals surface area contributed by atoms with Gasteiger partial charge in [0.1, 0.15) is 18.0 Å². The van der Waals surface area contributed by atoms with Gasteiger partial charge in [-0.15, -0.1) is 6.58 Å². The van der Waals surface area contributed by atoms with E-state index >= 15 is 0 Å². The van der Waals surface area contributed by atoms with Gasteiger partial charge in [0, 0.05) is 11.1 Å². The lowest BCUT2D eigenvalue weighted by molar-refractivity contribution is -0.122. The summed E-state index contributed by atoms with van der Waals surface area (Å²) in [4.78, 5) is 38.9. The van der Waals surface area contributed by atoms with Crippen LogP contribution < -0.4 is 19.7 Å². The molecule has 1 N–H and O–H groups in total. The van der Waals surface area contributed by atoms with Crippen molar-refractivity contribution in [1.29, 1.82) is 5.26 Å². The van der Waals surface area contributed by atoms with Gasteiger partial charge in [-0.25, -0.2) is 14.1 Å². The van der Waals surface area contributed by atoms with Crippen molar-refractivity contribution in [2.45, 2.75) is 13.0 Å². The molecule has 3 aromatic carbocycles. The SMILES string of the molecule is C=CCc1cc(/C=C2\C(=O)NC(=O)N(c3cccc(F)c3)C2=O)cc(OC)c1OCc1ccccc1C#N. The highest BCUT2D eigenvalue weighted by Gasteiger charge is 2.37. The summed E-state index contributed by atoms with van der Waals surface area (Å²) in [7, 11) is 1.45. The lowest BCUT2D eigenvalue weighted by Gasteiger charge is -2.26. The van der Waals surface area contributed by atoms with Crippen LogP contribution in [0, 0.1) is 17.1 Å². The minimum absolute atomic E-state index is 0.0165. The number of nitriles is 1. The van der Waals surface area contributed by atoms with E-state index in [4.69, 9.17) is 9.47 Å². The van der Waals surface area contributed by atoms with Crippen molar-refractivity contribution in [2.24, 2.45) is 0 Å². The molecule has 3 aromatic rings. The topological polar surface area (TPSA) is 109 Å². The zero-order valence-electron chi connectivity index (χ0n) is 20.4. The van der Waals surface area contributed by atoms with Crippen molar-refractivity contribution in [3.63, 3.8) is 0 Å². The summed E-state index contributed by atoms with van der Waals surface area (Å²) in [6.45, 7) is 3.89. The molecule has 1 heterocycles. The van der Waals surface area contributed by atoms with Gasteiger partial charge in [0.05, 0.1) is 24.4 Å². The molecule has 4 rings (SSSR count). The van der Waals surface area contributed by atoms with Crippen molar-refractivity contribution in [1.82, 2.24) is 5.32 Å². The summed E-state index contributed by atoms with van der Waals surface area (Å²) in [5.41, 5.74) is 1.92. The van der Waals surface area contributed by atoms with Crippen LogP contribution in [0.5, 0.6) is 11.5 Å². The smallest absolute Gasteiger partial charge is 0.335 e. The Hall–Kier alpha value is -5.23. The quantitative estimate of drug-likeness (QED) is 0.267. The Morgan fingerprint density at radius 3 is 2.58 bits per heavy atom. The summed E-state index contributed by atoms with van der Waals surface area (Å²) in [5.74, 6) is -1.68. The predicted molar refractivity (Wildman–Crippen MR) is 138 cm³/mol. The van der Waals surface area contributed by atoms with E-state index in [9.17, 15) is 24.0 Å². The first-order chi connectivity index (χ1) is 18.4. The first-order valence-electron chi connectivity index (χ1n) is 11.5. The van der Waals surface area contributed by atoms with E-state index in [1.54, 1.807) is 42.5 Å². The van der Waals surface area contributed by atoms with Crippen LogP contribution >= 0.6 is 0 Å². The molecular weight excluding hydrogens is 489 g/mol. The molecule has 38 heavy (non-hydrogen) atoms. The maximum atomic E-state index is 13.7. The molecule has 0 spiro atoms. The standard InChI is InChI=1S/C29H22FN3O5/c1-3-7-19-12-18(14-25(37-2)26(19)38-17-21-9-5-4-8-20(21)16-31)13-24-27(34)32-29(36)33(28(24)35)23-11-6-10-22(30)15-23/h3-6,8-15H,1,7,17H2,2H3,(H,32,34,36)/b24-13+. The van der Waals surface area contributed by atoms with Gasteiger partial charge in [-0.2, -0.15) is 5.26 Å². The van der Waals surface area contributed by atoms with Crippen LogP contribution in [0.25, 0.3) is 6.08 Å². The first-order valence-corrected chi connectivity index (χ1v) is 11.5. The second-order valence-electron chi connectivity index (χ2n) is 8.20. The number of urea groups is 1. The predicted octanol–water partition coefficient (Wildman–Crippen LogP) is 4.68. The van der Waals surface area contributed by atoms with Gasteiger partial charge < -0.3 is 9.47 Å². The number of anilines is 1. The Morgan fingerprint density at radius 1 is 1.08 bits per heavy atom. The number of imide groups is 2. The van der Waals surface area contributed by atoms with Crippen LogP contribution in [-0.2, 0) is 22.6 Å². The second-order valence-corrected chi connectivity index (χ2v) is 8.20. The number of barbiturate groups is 1. The Morgan fingerprint density at radius 2 is 1.87 bits per heavy atom. The van der Waals surface area contributed by atoms with E-state index in [1.807, 2.05) is 0 Å². The van der Waals surface area contributed by atoms with Crippen LogP contribution in [0.3, 0.4) is 0 Å². The molecular formula is C29H22FN3O5. The molecule has 0 aromatic heterocycles. The number of halogens is 1. The molecule has 9 heteroatoms. The van der Waals surface area contributed by atoms with E-state index < -0.39 is 23.7 Å². The molecule has 8 nitrogen and oxygen atoms in total. The van der Waals surface area contributed by atoms with E-state index in [2.05, 4.69) is 18.0 Å². The number of nitrogens with one attached hydrogen (secondary N) is 1. The minimum atomic E-state index is -0.978. The Labute approximate surface area is 218 Å². The fourth-order valence-electron chi connectivity index (χ4n) is 3.97. The molecule has 190 valence electrons. The van der Waals surface area contributed by atoms with Crippen molar-refractivity contribution in [3.05, 3.63) is 107 Å². The van der Waals surface area contributed by atoms with Gasteiger partial charge in [-0.3, -0.25) is 14.9 Å². The lowest BCUT2D eigenvalue weighted by Crippen LogP contribution is -2.54. The minimum Gasteiger partial charge on any atom is -0.493 e. The summed E-state index contributed by atoms with van der Waals surface area (Å²) in [6.07, 6.45) is 3.35. The summed E-state index contributed by atoms with van der Waals surface area (Å²) in [6, 6.07) is 16.4. The highest BCUT2D eigenvalue weighted by Crippen LogP contribution is 2.35. The van der Waals surface area contributed by atoms with Crippen molar-refractivity contribution >= 4 is 29.6 Å². The van der Waals surface area contributed by atoms with Gasteiger partial charge in [0.2, 0.25) is 0 Å². The molecule has 0 atom stereocenters. The summed E-state index contributed by atoms with van der Waals surface area (Å²) in [5, 5.41) is 11.5. The molecule has 0 saturated carbocycles. The number of nitrogens with zero attached hydrogens (tertiary/aromatic N) is 2. The van der Waals surface area contributed by atoms with Crippen LogP contribution in [0.2, 0.25) is 0 Å². The fraction of sp³-hybridized carbons (Fsp3) is 0.103. The maximum absolute atomic E-state index is 13.7. The van der Waals surface area contributed by atoms with Gasteiger partial charge in [-0.1, -0.05) is 30.3 Å². The number of carbonyl (C=O) groups is 3. The molecule has 1 aliphatic rings. The number of amides is 4. The molecule has 0 bridgehead atoms. The van der Waals surface area contributed by atoms with Crippen molar-refractivity contribution in [3.8, 4) is 17.6 Å². The van der Waals surface area contributed by atoms with Crippen molar-refractivity contribution < 1.29 is 28.2 Å². The highest BCUT2D eigenvalue weighted by molar-refractivity contribution is 6.39. The van der Waals surface area contributed by atoms with Crippen LogP contribution in [-0.4, -0.2) is 25.0 Å². The summed E-state index contributed by atoms with van der Waals surface area (Å²) >= 11 is 0. The van der Waals surface area contributed by atoms with Crippen LogP contribution in [0.4, 0.5) is 14.9 Å². The average molecular weight is 512 g/mol. The average Bonchev–Trinajstić information content (AvgIpc) is 2.90. The first kappa shape index (κ1) is 25.9.